The van der Waals surface area contributed by atoms with Crippen LogP contribution in [0.3, 0.4) is 0 Å². The van der Waals surface area contributed by atoms with E-state index in [0.29, 0.717) is 18.2 Å². The summed E-state index contributed by atoms with van der Waals surface area (Å²) >= 11 is 1.62. The largest absolute Gasteiger partial charge is 0.478 e. The first-order chi connectivity index (χ1) is 18.4. The van der Waals surface area contributed by atoms with Gasteiger partial charge in [0.05, 0.1) is 5.56 Å². The van der Waals surface area contributed by atoms with Crippen molar-refractivity contribution in [3.63, 3.8) is 0 Å². The summed E-state index contributed by atoms with van der Waals surface area (Å²) < 4.78 is 5.51. The zero-order valence-electron chi connectivity index (χ0n) is 23.6. The standard InChI is InChI=1S/C31H39N3O4S/c1-19(2)15-27-25(17-33-30(37)38-31(4,5)6)28(22-9-7-21(16-32)8-10-22)26(20(3)34-27)18-39-24-13-11-23(12-14-24)29(35)36/h7-14,19H,15-18,32H2,1-6H3,(H,33,37)(H,35,36). The highest BCUT2D eigenvalue weighted by Gasteiger charge is 2.22. The highest BCUT2D eigenvalue weighted by molar-refractivity contribution is 7.98. The van der Waals surface area contributed by atoms with Crippen molar-refractivity contribution in [2.24, 2.45) is 11.7 Å². The molecular weight excluding hydrogens is 510 g/mol. The van der Waals surface area contributed by atoms with Crippen molar-refractivity contribution in [1.82, 2.24) is 10.3 Å². The van der Waals surface area contributed by atoms with E-state index in [9.17, 15) is 14.7 Å². The summed E-state index contributed by atoms with van der Waals surface area (Å²) in [6.07, 6.45) is 0.293. The summed E-state index contributed by atoms with van der Waals surface area (Å²) in [5.74, 6) is 0.0518. The number of pyridine rings is 1. The number of carboxylic acid groups (broad SMARTS) is 1. The molecule has 1 heterocycles. The van der Waals surface area contributed by atoms with Gasteiger partial charge in [-0.15, -0.1) is 11.8 Å². The van der Waals surface area contributed by atoms with Crippen molar-refractivity contribution < 1.29 is 19.4 Å². The molecule has 0 spiro atoms. The van der Waals surface area contributed by atoms with Gasteiger partial charge in [0, 0.05) is 40.7 Å². The van der Waals surface area contributed by atoms with Gasteiger partial charge in [0.15, 0.2) is 0 Å². The molecule has 0 saturated heterocycles. The Morgan fingerprint density at radius 3 is 2.23 bits per heavy atom. The van der Waals surface area contributed by atoms with Crippen LogP contribution in [0.25, 0.3) is 11.1 Å². The fourth-order valence-corrected chi connectivity index (χ4v) is 5.24. The lowest BCUT2D eigenvalue weighted by Crippen LogP contribution is -2.32. The number of hydrogen-bond acceptors (Lipinski definition) is 6. The predicted octanol–water partition coefficient (Wildman–Crippen LogP) is 6.73. The number of aromatic nitrogens is 1. The number of aryl methyl sites for hydroxylation is 1. The minimum absolute atomic E-state index is 0.256. The van der Waals surface area contributed by atoms with Crippen LogP contribution in [0.2, 0.25) is 0 Å². The van der Waals surface area contributed by atoms with Gasteiger partial charge in [-0.3, -0.25) is 4.98 Å². The molecule has 0 atom stereocenters. The Hall–Kier alpha value is -3.36. The molecule has 3 aromatic rings. The fourth-order valence-electron chi connectivity index (χ4n) is 4.25. The molecule has 0 unspecified atom stereocenters. The first-order valence-corrected chi connectivity index (χ1v) is 14.1. The molecule has 8 heteroatoms. The third kappa shape index (κ3) is 8.57. The summed E-state index contributed by atoms with van der Waals surface area (Å²) in [6.45, 7) is 12.6. The van der Waals surface area contributed by atoms with Gasteiger partial charge in [0.1, 0.15) is 5.60 Å². The molecule has 0 aliphatic rings. The smallest absolute Gasteiger partial charge is 0.407 e. The Kier molecular flexibility index (Phi) is 10.2. The average molecular weight is 550 g/mol. The van der Waals surface area contributed by atoms with Gasteiger partial charge >= 0.3 is 12.1 Å². The predicted molar refractivity (Wildman–Crippen MR) is 157 cm³/mol. The van der Waals surface area contributed by atoms with Crippen LogP contribution in [0.4, 0.5) is 4.79 Å². The highest BCUT2D eigenvalue weighted by atomic mass is 32.2. The van der Waals surface area contributed by atoms with E-state index in [1.807, 2.05) is 52.0 Å². The number of thioether (sulfide) groups is 1. The maximum absolute atomic E-state index is 12.6. The monoisotopic (exact) mass is 549 g/mol. The van der Waals surface area contributed by atoms with Gasteiger partial charge < -0.3 is 20.9 Å². The van der Waals surface area contributed by atoms with Crippen molar-refractivity contribution in [3.8, 4) is 11.1 Å². The number of carbonyl (C=O) groups excluding carboxylic acids is 1. The van der Waals surface area contributed by atoms with E-state index in [1.165, 1.54) is 0 Å². The van der Waals surface area contributed by atoms with Crippen molar-refractivity contribution in [1.29, 1.82) is 0 Å². The van der Waals surface area contributed by atoms with E-state index < -0.39 is 17.7 Å². The molecule has 1 amide bonds. The lowest BCUT2D eigenvalue weighted by molar-refractivity contribution is 0.0523. The molecule has 4 N–H and O–H groups in total. The zero-order chi connectivity index (χ0) is 28.7. The molecule has 1 aromatic heterocycles. The molecule has 3 rings (SSSR count). The minimum atomic E-state index is -0.947. The minimum Gasteiger partial charge on any atom is -0.478 e. The van der Waals surface area contributed by atoms with E-state index in [0.717, 1.165) is 50.5 Å². The van der Waals surface area contributed by atoms with Gasteiger partial charge in [-0.1, -0.05) is 38.1 Å². The zero-order valence-corrected chi connectivity index (χ0v) is 24.4. The van der Waals surface area contributed by atoms with E-state index in [-0.39, 0.29) is 12.1 Å². The second kappa shape index (κ2) is 13.1. The molecule has 7 nitrogen and oxygen atoms in total. The van der Waals surface area contributed by atoms with Crippen LogP contribution < -0.4 is 11.1 Å². The molecule has 0 fully saturated rings. The molecule has 208 valence electrons. The maximum atomic E-state index is 12.6. The third-order valence-corrected chi connectivity index (χ3v) is 7.10. The number of rotatable bonds is 10. The number of nitrogens with one attached hydrogen (secondary N) is 1. The Labute approximate surface area is 235 Å². The number of amides is 1. The molecule has 39 heavy (non-hydrogen) atoms. The molecule has 0 radical (unpaired) electrons. The number of nitrogens with zero attached hydrogens (tertiary/aromatic N) is 1. The lowest BCUT2D eigenvalue weighted by atomic mass is 9.90. The lowest BCUT2D eigenvalue weighted by Gasteiger charge is -2.23. The summed E-state index contributed by atoms with van der Waals surface area (Å²) in [5.41, 5.74) is 12.6. The number of nitrogens with two attached hydrogens (primary N) is 1. The van der Waals surface area contributed by atoms with Crippen LogP contribution in [0.5, 0.6) is 0 Å². The number of aromatic carboxylic acids is 1. The van der Waals surface area contributed by atoms with Crippen LogP contribution in [-0.4, -0.2) is 27.8 Å². The SMILES string of the molecule is Cc1nc(CC(C)C)c(CNC(=O)OC(C)(C)C)c(-c2ccc(CN)cc2)c1CSc1ccc(C(=O)O)cc1. The van der Waals surface area contributed by atoms with Crippen molar-refractivity contribution in [3.05, 3.63) is 82.2 Å². The van der Waals surface area contributed by atoms with Crippen molar-refractivity contribution in [2.75, 3.05) is 0 Å². The Balaban J connectivity index is 2.09. The van der Waals surface area contributed by atoms with E-state index >= 15 is 0 Å². The van der Waals surface area contributed by atoms with E-state index in [2.05, 4.69) is 31.3 Å². The molecule has 2 aromatic carbocycles. The average Bonchev–Trinajstić information content (AvgIpc) is 2.86. The summed E-state index contributed by atoms with van der Waals surface area (Å²) in [7, 11) is 0. The number of carboxylic acids is 1. The first kappa shape index (κ1) is 30.2. The molecule has 0 saturated carbocycles. The van der Waals surface area contributed by atoms with Crippen LogP contribution in [0, 0.1) is 12.8 Å². The number of carbonyl (C=O) groups is 2. The highest BCUT2D eigenvalue weighted by Crippen LogP contribution is 2.36. The van der Waals surface area contributed by atoms with Gasteiger partial charge in [-0.05, 0) is 86.6 Å². The normalized spacial score (nSPS) is 11.5. The third-order valence-electron chi connectivity index (χ3n) is 6.06. The fraction of sp³-hybridized carbons (Fsp3) is 0.387. The van der Waals surface area contributed by atoms with Crippen LogP contribution in [0.15, 0.2) is 53.4 Å². The van der Waals surface area contributed by atoms with Gasteiger partial charge in [-0.25, -0.2) is 9.59 Å². The summed E-state index contributed by atoms with van der Waals surface area (Å²) in [4.78, 5) is 29.9. The molecule has 0 aliphatic heterocycles. The summed E-state index contributed by atoms with van der Waals surface area (Å²) in [6, 6.07) is 15.1. The Bertz CT molecular complexity index is 1300. The van der Waals surface area contributed by atoms with Gasteiger partial charge in [0.25, 0.3) is 0 Å². The quantitative estimate of drug-likeness (QED) is 0.240. The van der Waals surface area contributed by atoms with Crippen LogP contribution >= 0.6 is 11.8 Å². The molecular formula is C31H39N3O4S. The van der Waals surface area contributed by atoms with Crippen LogP contribution in [0.1, 0.15) is 73.1 Å². The number of benzene rings is 2. The molecule has 0 bridgehead atoms. The second-order valence-corrected chi connectivity index (χ2v) is 12.0. The number of alkyl carbamates (subject to hydrolysis) is 1. The van der Waals surface area contributed by atoms with E-state index in [4.69, 9.17) is 15.5 Å². The van der Waals surface area contributed by atoms with Crippen molar-refractivity contribution in [2.45, 2.75) is 77.3 Å². The summed E-state index contributed by atoms with van der Waals surface area (Å²) in [5, 5.41) is 12.2. The van der Waals surface area contributed by atoms with E-state index in [1.54, 1.807) is 23.9 Å². The number of ether oxygens (including phenoxy) is 1. The topological polar surface area (TPSA) is 115 Å². The Morgan fingerprint density at radius 2 is 1.69 bits per heavy atom. The van der Waals surface area contributed by atoms with Crippen LogP contribution in [-0.2, 0) is 30.0 Å². The Morgan fingerprint density at radius 1 is 1.05 bits per heavy atom. The second-order valence-electron chi connectivity index (χ2n) is 10.9. The van der Waals surface area contributed by atoms with Gasteiger partial charge in [0.2, 0.25) is 0 Å². The first-order valence-electron chi connectivity index (χ1n) is 13.1. The maximum Gasteiger partial charge on any atom is 0.407 e. The van der Waals surface area contributed by atoms with Gasteiger partial charge in [-0.2, -0.15) is 0 Å². The molecule has 0 aliphatic carbocycles. The van der Waals surface area contributed by atoms with Crippen molar-refractivity contribution >= 4 is 23.8 Å². The number of hydrogen-bond donors (Lipinski definition) is 3.